The van der Waals surface area contributed by atoms with Crippen LogP contribution in [0.25, 0.3) is 22.2 Å². The third kappa shape index (κ3) is 3.07. The van der Waals surface area contributed by atoms with Gasteiger partial charge in [0.25, 0.3) is 5.91 Å². The Hall–Kier alpha value is -2.75. The van der Waals surface area contributed by atoms with Crippen LogP contribution in [0.5, 0.6) is 5.75 Å². The molecular formula is C22H26N2O2. The van der Waals surface area contributed by atoms with E-state index in [1.165, 1.54) is 5.56 Å². The molecule has 2 aromatic carbocycles. The lowest BCUT2D eigenvalue weighted by atomic mass is 10.0. The van der Waals surface area contributed by atoms with Crippen molar-refractivity contribution in [1.29, 1.82) is 0 Å². The van der Waals surface area contributed by atoms with E-state index in [0.29, 0.717) is 6.61 Å². The fraction of sp³-hybridized carbons (Fsp3) is 0.318. The molecule has 0 aliphatic carbocycles. The number of amides is 1. The number of hydrogen-bond acceptors (Lipinski definition) is 2. The molecule has 0 spiro atoms. The molecular weight excluding hydrogens is 324 g/mol. The third-order valence-electron chi connectivity index (χ3n) is 4.61. The lowest BCUT2D eigenvalue weighted by molar-refractivity contribution is 0.0830. The highest BCUT2D eigenvalue weighted by atomic mass is 16.5. The van der Waals surface area contributed by atoms with Crippen LogP contribution >= 0.6 is 0 Å². The van der Waals surface area contributed by atoms with Crippen LogP contribution < -0.4 is 4.74 Å². The molecule has 0 radical (unpaired) electrons. The Morgan fingerprint density at radius 1 is 1.08 bits per heavy atom. The number of hydrogen-bond donors (Lipinski definition) is 0. The number of fused-ring (bicyclic) bond motifs is 1. The minimum atomic E-state index is 0.0157. The average Bonchev–Trinajstić information content (AvgIpc) is 2.95. The maximum Gasteiger partial charge on any atom is 0.256 e. The highest BCUT2D eigenvalue weighted by Gasteiger charge is 2.24. The number of carbonyl (C=O) groups is 1. The van der Waals surface area contributed by atoms with E-state index >= 15 is 0 Å². The molecule has 0 unspecified atom stereocenters. The predicted molar refractivity (Wildman–Crippen MR) is 107 cm³/mol. The van der Waals surface area contributed by atoms with Gasteiger partial charge in [0, 0.05) is 32.1 Å². The van der Waals surface area contributed by atoms with Crippen LogP contribution in [0.4, 0.5) is 0 Å². The van der Waals surface area contributed by atoms with Crippen molar-refractivity contribution in [2.24, 2.45) is 0 Å². The van der Waals surface area contributed by atoms with Crippen molar-refractivity contribution >= 4 is 16.8 Å². The summed E-state index contributed by atoms with van der Waals surface area (Å²) in [5, 5.41) is 0.963. The number of nitrogens with zero attached hydrogens (tertiary/aromatic N) is 2. The topological polar surface area (TPSA) is 34.5 Å². The second kappa shape index (κ2) is 7.24. The fourth-order valence-electron chi connectivity index (χ4n) is 3.37. The number of benzene rings is 2. The highest BCUT2D eigenvalue weighted by molar-refractivity contribution is 6.12. The first-order valence-electron chi connectivity index (χ1n) is 9.05. The van der Waals surface area contributed by atoms with Crippen LogP contribution in [0.15, 0.2) is 42.5 Å². The Kier molecular flexibility index (Phi) is 5.03. The highest BCUT2D eigenvalue weighted by Crippen LogP contribution is 2.36. The van der Waals surface area contributed by atoms with Gasteiger partial charge in [0.2, 0.25) is 0 Å². The summed E-state index contributed by atoms with van der Waals surface area (Å²) < 4.78 is 7.89. The number of rotatable bonds is 5. The van der Waals surface area contributed by atoms with E-state index in [2.05, 4.69) is 42.7 Å². The summed E-state index contributed by atoms with van der Waals surface area (Å²) in [6.45, 7) is 7.54. The van der Waals surface area contributed by atoms with E-state index in [1.54, 1.807) is 19.0 Å². The van der Waals surface area contributed by atoms with E-state index in [-0.39, 0.29) is 5.91 Å². The standard InChI is InChI=1S/C22H26N2O2/c1-6-24-19-14-17(26-7-2)12-13-18(19)20(22(25)23(4)5)21(24)16-10-8-15(3)9-11-16/h8-14H,6-7H2,1-5H3. The van der Waals surface area contributed by atoms with Gasteiger partial charge >= 0.3 is 0 Å². The molecule has 1 aromatic heterocycles. The molecule has 1 heterocycles. The summed E-state index contributed by atoms with van der Waals surface area (Å²) >= 11 is 0. The van der Waals surface area contributed by atoms with Crippen LogP contribution in [0.1, 0.15) is 29.8 Å². The number of aromatic nitrogens is 1. The Balaban J connectivity index is 2.37. The van der Waals surface area contributed by atoms with Crippen molar-refractivity contribution < 1.29 is 9.53 Å². The molecule has 0 aliphatic heterocycles. The van der Waals surface area contributed by atoms with E-state index in [9.17, 15) is 4.79 Å². The maximum atomic E-state index is 13.0. The second-order valence-corrected chi connectivity index (χ2v) is 6.65. The van der Waals surface area contributed by atoms with Gasteiger partial charge in [-0.05, 0) is 38.5 Å². The summed E-state index contributed by atoms with van der Waals surface area (Å²) in [7, 11) is 3.59. The third-order valence-corrected chi connectivity index (χ3v) is 4.61. The molecule has 0 bridgehead atoms. The molecule has 1 amide bonds. The van der Waals surface area contributed by atoms with E-state index in [4.69, 9.17) is 4.74 Å². The molecule has 4 nitrogen and oxygen atoms in total. The molecule has 3 rings (SSSR count). The Morgan fingerprint density at radius 2 is 1.77 bits per heavy atom. The molecule has 4 heteroatoms. The minimum absolute atomic E-state index is 0.0157. The smallest absolute Gasteiger partial charge is 0.256 e. The van der Waals surface area contributed by atoms with Crippen molar-refractivity contribution in [1.82, 2.24) is 9.47 Å². The zero-order chi connectivity index (χ0) is 18.8. The van der Waals surface area contributed by atoms with Crippen LogP contribution in [0, 0.1) is 6.92 Å². The normalized spacial score (nSPS) is 11.0. The Morgan fingerprint density at radius 3 is 2.35 bits per heavy atom. The molecule has 0 atom stereocenters. The van der Waals surface area contributed by atoms with E-state index < -0.39 is 0 Å². The first-order valence-corrected chi connectivity index (χ1v) is 9.05. The lowest BCUT2D eigenvalue weighted by Gasteiger charge is -2.14. The number of ether oxygens (including phenoxy) is 1. The van der Waals surface area contributed by atoms with Crippen LogP contribution in [0.2, 0.25) is 0 Å². The van der Waals surface area contributed by atoms with Crippen LogP contribution in [0.3, 0.4) is 0 Å². The zero-order valence-corrected chi connectivity index (χ0v) is 16.2. The van der Waals surface area contributed by atoms with Gasteiger partial charge in [-0.25, -0.2) is 0 Å². The predicted octanol–water partition coefficient (Wildman–Crippen LogP) is 4.74. The SMILES string of the molecule is CCOc1ccc2c(C(=O)N(C)C)c(-c3ccc(C)cc3)n(CC)c2c1. The second-order valence-electron chi connectivity index (χ2n) is 6.65. The Bertz CT molecular complexity index is 937. The van der Waals surface area contributed by atoms with Crippen molar-refractivity contribution in [3.63, 3.8) is 0 Å². The minimum Gasteiger partial charge on any atom is -0.494 e. The van der Waals surface area contributed by atoms with Crippen molar-refractivity contribution in [3.05, 3.63) is 53.6 Å². The fourth-order valence-corrected chi connectivity index (χ4v) is 3.37. The van der Waals surface area contributed by atoms with Gasteiger partial charge in [-0.15, -0.1) is 0 Å². The summed E-state index contributed by atoms with van der Waals surface area (Å²) in [6, 6.07) is 14.3. The van der Waals surface area contributed by atoms with Gasteiger partial charge in [-0.3, -0.25) is 4.79 Å². The maximum absolute atomic E-state index is 13.0. The largest absolute Gasteiger partial charge is 0.494 e. The molecule has 0 aliphatic rings. The van der Waals surface area contributed by atoms with Gasteiger partial charge in [0.05, 0.1) is 23.4 Å². The van der Waals surface area contributed by atoms with E-state index in [0.717, 1.165) is 40.0 Å². The van der Waals surface area contributed by atoms with Crippen molar-refractivity contribution in [2.75, 3.05) is 20.7 Å². The average molecular weight is 350 g/mol. The molecule has 0 fully saturated rings. The summed E-state index contributed by atoms with van der Waals surface area (Å²) in [5.41, 5.74) is 5.00. The zero-order valence-electron chi connectivity index (χ0n) is 16.2. The quantitative estimate of drug-likeness (QED) is 0.666. The molecule has 136 valence electrons. The van der Waals surface area contributed by atoms with Crippen LogP contribution in [-0.2, 0) is 6.54 Å². The van der Waals surface area contributed by atoms with Gasteiger partial charge in [0.1, 0.15) is 5.75 Å². The van der Waals surface area contributed by atoms with Gasteiger partial charge in [-0.1, -0.05) is 29.8 Å². The van der Waals surface area contributed by atoms with Gasteiger partial charge < -0.3 is 14.2 Å². The summed E-state index contributed by atoms with van der Waals surface area (Å²) in [6.07, 6.45) is 0. The van der Waals surface area contributed by atoms with E-state index in [1.807, 2.05) is 25.1 Å². The van der Waals surface area contributed by atoms with Gasteiger partial charge in [0.15, 0.2) is 0 Å². The molecule has 0 saturated carbocycles. The molecule has 0 N–H and O–H groups in total. The monoisotopic (exact) mass is 350 g/mol. The van der Waals surface area contributed by atoms with Crippen molar-refractivity contribution in [2.45, 2.75) is 27.3 Å². The first kappa shape index (κ1) is 18.1. The van der Waals surface area contributed by atoms with Crippen molar-refractivity contribution in [3.8, 4) is 17.0 Å². The van der Waals surface area contributed by atoms with Crippen LogP contribution in [-0.4, -0.2) is 36.1 Å². The first-order chi connectivity index (χ1) is 12.5. The Labute approximate surface area is 155 Å². The number of carbonyl (C=O) groups excluding carboxylic acids is 1. The lowest BCUT2D eigenvalue weighted by Crippen LogP contribution is -2.22. The molecule has 0 saturated heterocycles. The molecule has 26 heavy (non-hydrogen) atoms. The summed E-state index contributed by atoms with van der Waals surface area (Å²) in [5.74, 6) is 0.841. The number of aryl methyl sites for hydroxylation is 2. The summed E-state index contributed by atoms with van der Waals surface area (Å²) in [4.78, 5) is 14.7. The molecule has 3 aromatic rings. The van der Waals surface area contributed by atoms with Gasteiger partial charge in [-0.2, -0.15) is 0 Å².